The van der Waals surface area contributed by atoms with Crippen LogP contribution < -0.4 is 16.4 Å². The summed E-state index contributed by atoms with van der Waals surface area (Å²) in [6.07, 6.45) is 1.20. The second kappa shape index (κ2) is 8.67. The van der Waals surface area contributed by atoms with E-state index in [-0.39, 0.29) is 12.3 Å². The molecule has 0 atom stereocenters. The molecule has 2 rings (SSSR count). The monoisotopic (exact) mass is 325 g/mol. The van der Waals surface area contributed by atoms with Crippen molar-refractivity contribution in [2.24, 2.45) is 10.7 Å². The van der Waals surface area contributed by atoms with Crippen molar-refractivity contribution < 1.29 is 4.79 Å². The average Bonchev–Trinajstić information content (AvgIpc) is 2.55. The van der Waals surface area contributed by atoms with E-state index in [9.17, 15) is 4.79 Å². The van der Waals surface area contributed by atoms with Gasteiger partial charge in [0.15, 0.2) is 5.96 Å². The highest BCUT2D eigenvalue weighted by Gasteiger charge is 2.03. The molecule has 126 valence electrons. The molecule has 1 aromatic carbocycles. The first-order valence-corrected chi connectivity index (χ1v) is 7.96. The molecule has 0 fully saturated rings. The van der Waals surface area contributed by atoms with Crippen molar-refractivity contribution in [3.63, 3.8) is 0 Å². The number of aromatic nitrogens is 1. The average molecular weight is 325 g/mol. The predicted molar refractivity (Wildman–Crippen MR) is 98.2 cm³/mol. The maximum atomic E-state index is 11.9. The van der Waals surface area contributed by atoms with Gasteiger partial charge in [-0.1, -0.05) is 25.1 Å². The highest BCUT2D eigenvalue weighted by molar-refractivity contribution is 5.93. The maximum Gasteiger partial charge on any atom is 0.227 e. The Bertz CT molecular complexity index is 727. The topological polar surface area (TPSA) is 92.4 Å². The molecule has 0 aliphatic carbocycles. The molecule has 1 amide bonds. The van der Waals surface area contributed by atoms with Crippen LogP contribution in [-0.4, -0.2) is 23.4 Å². The fourth-order valence-electron chi connectivity index (χ4n) is 2.15. The minimum absolute atomic E-state index is 0.141. The minimum Gasteiger partial charge on any atom is -0.370 e. The lowest BCUT2D eigenvalue weighted by molar-refractivity contribution is -0.116. The molecular formula is C18H23N5O. The molecule has 0 unspecified atom stereocenters. The largest absolute Gasteiger partial charge is 0.370 e. The standard InChI is InChI=1S/C18H23N5O/c1-3-14-7-5-8-15(12-14)22-18(19)20-11-10-17(24)23-16-9-4-6-13(2)21-16/h4-9,12H,3,10-11H2,1-2H3,(H3,19,20,22)(H,21,23,24). The first-order chi connectivity index (χ1) is 11.6. The quantitative estimate of drug-likeness (QED) is 0.562. The number of rotatable bonds is 6. The Hall–Kier alpha value is -2.89. The van der Waals surface area contributed by atoms with Gasteiger partial charge in [0.2, 0.25) is 5.91 Å². The molecule has 6 heteroatoms. The van der Waals surface area contributed by atoms with Gasteiger partial charge in [-0.15, -0.1) is 0 Å². The summed E-state index contributed by atoms with van der Waals surface area (Å²) in [6, 6.07) is 13.5. The molecule has 0 spiro atoms. The number of nitrogens with zero attached hydrogens (tertiary/aromatic N) is 2. The normalized spacial score (nSPS) is 11.2. The number of nitrogens with one attached hydrogen (secondary N) is 2. The van der Waals surface area contributed by atoms with Crippen LogP contribution in [0, 0.1) is 6.92 Å². The van der Waals surface area contributed by atoms with Crippen LogP contribution in [0.4, 0.5) is 11.5 Å². The van der Waals surface area contributed by atoms with Crippen LogP contribution in [0.5, 0.6) is 0 Å². The number of hydrogen-bond acceptors (Lipinski definition) is 3. The third-order valence-corrected chi connectivity index (χ3v) is 3.38. The van der Waals surface area contributed by atoms with Crippen LogP contribution in [0.2, 0.25) is 0 Å². The SMILES string of the molecule is CCc1cccc(NC(N)=NCCC(=O)Nc2cccc(C)n2)c1. The van der Waals surface area contributed by atoms with Gasteiger partial charge in [0, 0.05) is 17.8 Å². The van der Waals surface area contributed by atoms with Crippen molar-refractivity contribution >= 4 is 23.4 Å². The summed E-state index contributed by atoms with van der Waals surface area (Å²) >= 11 is 0. The van der Waals surface area contributed by atoms with E-state index in [1.165, 1.54) is 5.56 Å². The Balaban J connectivity index is 1.80. The number of nitrogens with two attached hydrogens (primary N) is 1. The number of aliphatic imine (C=N–C) groups is 1. The van der Waals surface area contributed by atoms with Gasteiger partial charge < -0.3 is 16.4 Å². The highest BCUT2D eigenvalue weighted by Crippen LogP contribution is 2.10. The summed E-state index contributed by atoms with van der Waals surface area (Å²) < 4.78 is 0. The van der Waals surface area contributed by atoms with Gasteiger partial charge in [-0.3, -0.25) is 9.79 Å². The van der Waals surface area contributed by atoms with Crippen LogP contribution in [-0.2, 0) is 11.2 Å². The van der Waals surface area contributed by atoms with Crippen LogP contribution >= 0.6 is 0 Å². The van der Waals surface area contributed by atoms with Gasteiger partial charge in [0.1, 0.15) is 5.82 Å². The van der Waals surface area contributed by atoms with Crippen molar-refractivity contribution in [1.82, 2.24) is 4.98 Å². The Morgan fingerprint density at radius 1 is 1.21 bits per heavy atom. The second-order valence-corrected chi connectivity index (χ2v) is 5.41. The smallest absolute Gasteiger partial charge is 0.227 e. The Labute approximate surface area is 142 Å². The van der Waals surface area contributed by atoms with Gasteiger partial charge in [-0.2, -0.15) is 0 Å². The number of pyridine rings is 1. The molecule has 1 heterocycles. The van der Waals surface area contributed by atoms with Gasteiger partial charge in [-0.05, 0) is 43.2 Å². The summed E-state index contributed by atoms with van der Waals surface area (Å²) in [5.74, 6) is 0.703. The lowest BCUT2D eigenvalue weighted by Crippen LogP contribution is -2.23. The molecule has 0 bridgehead atoms. The fraction of sp³-hybridized carbons (Fsp3) is 0.278. The minimum atomic E-state index is -0.141. The molecule has 0 aliphatic rings. The lowest BCUT2D eigenvalue weighted by Gasteiger charge is -2.07. The van der Waals surface area contributed by atoms with Crippen LogP contribution in [0.3, 0.4) is 0 Å². The number of hydrogen-bond donors (Lipinski definition) is 3. The second-order valence-electron chi connectivity index (χ2n) is 5.41. The molecule has 4 N–H and O–H groups in total. The number of aryl methyl sites for hydroxylation is 2. The first kappa shape index (κ1) is 17.5. The van der Waals surface area contributed by atoms with E-state index >= 15 is 0 Å². The van der Waals surface area contributed by atoms with Crippen LogP contribution in [0.25, 0.3) is 0 Å². The third kappa shape index (κ3) is 5.72. The molecule has 1 aromatic heterocycles. The summed E-state index contributed by atoms with van der Waals surface area (Å²) in [5.41, 5.74) is 8.82. The zero-order valence-electron chi connectivity index (χ0n) is 14.0. The van der Waals surface area contributed by atoms with E-state index in [0.29, 0.717) is 18.3 Å². The Morgan fingerprint density at radius 3 is 2.75 bits per heavy atom. The van der Waals surface area contributed by atoms with Crippen LogP contribution in [0.1, 0.15) is 24.6 Å². The zero-order chi connectivity index (χ0) is 17.4. The number of carbonyl (C=O) groups excluding carboxylic acids is 1. The van der Waals surface area contributed by atoms with E-state index < -0.39 is 0 Å². The molecular weight excluding hydrogens is 302 g/mol. The number of amides is 1. The maximum absolute atomic E-state index is 11.9. The Kier molecular flexibility index (Phi) is 6.31. The van der Waals surface area contributed by atoms with Crippen LogP contribution in [0.15, 0.2) is 47.5 Å². The van der Waals surface area contributed by atoms with Crippen molar-refractivity contribution in [1.29, 1.82) is 0 Å². The zero-order valence-corrected chi connectivity index (χ0v) is 14.0. The van der Waals surface area contributed by atoms with E-state index in [0.717, 1.165) is 17.8 Å². The van der Waals surface area contributed by atoms with Crippen molar-refractivity contribution in [3.05, 3.63) is 53.7 Å². The summed E-state index contributed by atoms with van der Waals surface area (Å²) in [7, 11) is 0. The molecule has 0 saturated carbocycles. The van der Waals surface area contributed by atoms with Gasteiger partial charge in [0.05, 0.1) is 6.54 Å². The highest BCUT2D eigenvalue weighted by atomic mass is 16.1. The van der Waals surface area contributed by atoms with Gasteiger partial charge in [-0.25, -0.2) is 4.98 Å². The third-order valence-electron chi connectivity index (χ3n) is 3.38. The summed E-state index contributed by atoms with van der Waals surface area (Å²) in [6.45, 7) is 4.28. The summed E-state index contributed by atoms with van der Waals surface area (Å²) in [5, 5.41) is 5.77. The number of guanidine groups is 1. The molecule has 24 heavy (non-hydrogen) atoms. The molecule has 0 radical (unpaired) electrons. The Morgan fingerprint density at radius 2 is 2.00 bits per heavy atom. The van der Waals surface area contributed by atoms with E-state index in [1.54, 1.807) is 6.07 Å². The molecule has 2 aromatic rings. The lowest BCUT2D eigenvalue weighted by atomic mass is 10.1. The van der Waals surface area contributed by atoms with Crippen molar-refractivity contribution in [2.75, 3.05) is 17.2 Å². The molecule has 0 saturated heterocycles. The number of benzene rings is 1. The summed E-state index contributed by atoms with van der Waals surface area (Å²) in [4.78, 5) is 20.3. The van der Waals surface area contributed by atoms with Gasteiger partial charge >= 0.3 is 0 Å². The van der Waals surface area contributed by atoms with Crippen molar-refractivity contribution in [2.45, 2.75) is 26.7 Å². The fourth-order valence-corrected chi connectivity index (χ4v) is 2.15. The predicted octanol–water partition coefficient (Wildman–Crippen LogP) is 2.71. The number of carbonyl (C=O) groups is 1. The van der Waals surface area contributed by atoms with E-state index in [1.807, 2.05) is 37.3 Å². The van der Waals surface area contributed by atoms with Gasteiger partial charge in [0.25, 0.3) is 0 Å². The first-order valence-electron chi connectivity index (χ1n) is 7.96. The van der Waals surface area contributed by atoms with E-state index in [4.69, 9.17) is 5.73 Å². The number of anilines is 2. The van der Waals surface area contributed by atoms with Crippen molar-refractivity contribution in [3.8, 4) is 0 Å². The molecule has 6 nitrogen and oxygen atoms in total. The van der Waals surface area contributed by atoms with E-state index in [2.05, 4.69) is 33.6 Å². The molecule has 0 aliphatic heterocycles.